The Morgan fingerprint density at radius 1 is 1.50 bits per heavy atom. The van der Waals surface area contributed by atoms with Gasteiger partial charge >= 0.3 is 0 Å². The molecule has 1 heterocycles. The fraction of sp³-hybridized carbons (Fsp3) is 0.333. The monoisotopic (exact) mass is 289 g/mol. The van der Waals surface area contributed by atoms with E-state index in [0.717, 1.165) is 28.4 Å². The lowest BCUT2D eigenvalue weighted by atomic mass is 10.1. The number of nitrogens with zero attached hydrogens (tertiary/aromatic N) is 1. The van der Waals surface area contributed by atoms with E-state index in [0.29, 0.717) is 6.54 Å². The highest BCUT2D eigenvalue weighted by Gasteiger charge is 2.14. The number of carbonyl (C=O) groups excluding carboxylic acids is 1. The van der Waals surface area contributed by atoms with Crippen LogP contribution in [0.15, 0.2) is 29.6 Å². The molecule has 3 N–H and O–H groups in total. The molecule has 2 rings (SSSR count). The molecule has 0 saturated carbocycles. The van der Waals surface area contributed by atoms with Gasteiger partial charge in [-0.05, 0) is 25.5 Å². The van der Waals surface area contributed by atoms with E-state index in [1.807, 2.05) is 43.5 Å². The third kappa shape index (κ3) is 3.43. The van der Waals surface area contributed by atoms with E-state index in [9.17, 15) is 4.79 Å². The Labute approximate surface area is 123 Å². The van der Waals surface area contributed by atoms with Gasteiger partial charge in [-0.3, -0.25) is 4.79 Å². The zero-order chi connectivity index (χ0) is 14.5. The van der Waals surface area contributed by atoms with Gasteiger partial charge in [0.25, 0.3) is 0 Å². The fourth-order valence-electron chi connectivity index (χ4n) is 1.96. The molecule has 106 valence electrons. The first-order chi connectivity index (χ1) is 9.63. The SMILES string of the molecule is CCC(CN)C(=O)Nc1cccc(-c2csc(C)n2)c1. The molecule has 0 saturated heterocycles. The molecule has 4 nitrogen and oxygen atoms in total. The van der Waals surface area contributed by atoms with Gasteiger partial charge in [0.05, 0.1) is 16.6 Å². The summed E-state index contributed by atoms with van der Waals surface area (Å²) in [6.07, 6.45) is 0.743. The summed E-state index contributed by atoms with van der Waals surface area (Å²) < 4.78 is 0. The summed E-state index contributed by atoms with van der Waals surface area (Å²) in [5.41, 5.74) is 8.32. The van der Waals surface area contributed by atoms with Crippen molar-refractivity contribution in [3.63, 3.8) is 0 Å². The van der Waals surface area contributed by atoms with Gasteiger partial charge in [-0.2, -0.15) is 0 Å². The van der Waals surface area contributed by atoms with E-state index in [1.165, 1.54) is 0 Å². The number of nitrogens with two attached hydrogens (primary N) is 1. The van der Waals surface area contributed by atoms with Gasteiger partial charge in [-0.25, -0.2) is 4.98 Å². The quantitative estimate of drug-likeness (QED) is 0.889. The molecule has 1 amide bonds. The van der Waals surface area contributed by atoms with Crippen LogP contribution in [0.3, 0.4) is 0 Å². The molecule has 1 aromatic carbocycles. The predicted octanol–water partition coefficient (Wildman–Crippen LogP) is 3.04. The van der Waals surface area contributed by atoms with Crippen LogP contribution in [0, 0.1) is 12.8 Å². The van der Waals surface area contributed by atoms with Crippen LogP contribution in [-0.2, 0) is 4.79 Å². The second-order valence-electron chi connectivity index (χ2n) is 4.66. The van der Waals surface area contributed by atoms with Crippen molar-refractivity contribution in [1.82, 2.24) is 4.98 Å². The number of aryl methyl sites for hydroxylation is 1. The van der Waals surface area contributed by atoms with Crippen LogP contribution in [0.5, 0.6) is 0 Å². The molecule has 0 bridgehead atoms. The Hall–Kier alpha value is -1.72. The van der Waals surface area contributed by atoms with E-state index in [1.54, 1.807) is 11.3 Å². The second-order valence-corrected chi connectivity index (χ2v) is 5.72. The zero-order valence-electron chi connectivity index (χ0n) is 11.7. The summed E-state index contributed by atoms with van der Waals surface area (Å²) in [4.78, 5) is 16.5. The van der Waals surface area contributed by atoms with Crippen LogP contribution in [0.1, 0.15) is 18.4 Å². The zero-order valence-corrected chi connectivity index (χ0v) is 12.5. The summed E-state index contributed by atoms with van der Waals surface area (Å²) in [6.45, 7) is 4.31. The Balaban J connectivity index is 2.16. The number of nitrogens with one attached hydrogen (secondary N) is 1. The van der Waals surface area contributed by atoms with E-state index in [4.69, 9.17) is 5.73 Å². The maximum atomic E-state index is 12.0. The molecule has 0 aliphatic carbocycles. The molecule has 0 aliphatic rings. The molecule has 0 fully saturated rings. The highest BCUT2D eigenvalue weighted by molar-refractivity contribution is 7.09. The van der Waals surface area contributed by atoms with Crippen molar-refractivity contribution < 1.29 is 4.79 Å². The lowest BCUT2D eigenvalue weighted by Gasteiger charge is -2.13. The van der Waals surface area contributed by atoms with Crippen molar-refractivity contribution in [1.29, 1.82) is 0 Å². The molecule has 0 radical (unpaired) electrons. The lowest BCUT2D eigenvalue weighted by Crippen LogP contribution is -2.28. The Morgan fingerprint density at radius 3 is 2.90 bits per heavy atom. The number of amides is 1. The third-order valence-corrected chi connectivity index (χ3v) is 3.97. The first kappa shape index (κ1) is 14.7. The van der Waals surface area contributed by atoms with Crippen molar-refractivity contribution >= 4 is 22.9 Å². The summed E-state index contributed by atoms with van der Waals surface area (Å²) in [5.74, 6) is -0.165. The topological polar surface area (TPSA) is 68.0 Å². The maximum Gasteiger partial charge on any atom is 0.228 e. The molecule has 0 aliphatic heterocycles. The number of hydrogen-bond donors (Lipinski definition) is 2. The average Bonchev–Trinajstić information content (AvgIpc) is 2.87. The first-order valence-electron chi connectivity index (χ1n) is 6.67. The molecule has 0 spiro atoms. The molecule has 5 heteroatoms. The molecule has 1 atom stereocenters. The third-order valence-electron chi connectivity index (χ3n) is 3.19. The number of thiazole rings is 1. The number of anilines is 1. The van der Waals surface area contributed by atoms with Gasteiger partial charge in [-0.1, -0.05) is 19.1 Å². The van der Waals surface area contributed by atoms with Crippen LogP contribution in [0.4, 0.5) is 5.69 Å². The smallest absolute Gasteiger partial charge is 0.228 e. The fourth-order valence-corrected chi connectivity index (χ4v) is 2.58. The van der Waals surface area contributed by atoms with Gasteiger partial charge in [-0.15, -0.1) is 11.3 Å². The summed E-state index contributed by atoms with van der Waals surface area (Å²) >= 11 is 1.62. The van der Waals surface area contributed by atoms with E-state index in [-0.39, 0.29) is 11.8 Å². The largest absolute Gasteiger partial charge is 0.330 e. The Morgan fingerprint density at radius 2 is 2.30 bits per heavy atom. The molecular weight excluding hydrogens is 270 g/mol. The van der Waals surface area contributed by atoms with Crippen molar-refractivity contribution in [3.05, 3.63) is 34.7 Å². The molecular formula is C15H19N3OS. The molecule has 1 aromatic heterocycles. The maximum absolute atomic E-state index is 12.0. The van der Waals surface area contributed by atoms with Gasteiger partial charge in [0.1, 0.15) is 0 Å². The Bertz CT molecular complexity index is 590. The molecule has 1 unspecified atom stereocenters. The van der Waals surface area contributed by atoms with E-state index in [2.05, 4.69) is 10.3 Å². The normalized spacial score (nSPS) is 12.2. The van der Waals surface area contributed by atoms with Gasteiger partial charge < -0.3 is 11.1 Å². The highest BCUT2D eigenvalue weighted by atomic mass is 32.1. The van der Waals surface area contributed by atoms with Crippen molar-refractivity contribution in [2.24, 2.45) is 11.7 Å². The number of carbonyl (C=O) groups is 1. The van der Waals surface area contributed by atoms with Crippen molar-refractivity contribution in [2.45, 2.75) is 20.3 Å². The number of rotatable bonds is 5. The predicted molar refractivity (Wildman–Crippen MR) is 83.8 cm³/mol. The second kappa shape index (κ2) is 6.63. The minimum atomic E-state index is -0.139. The average molecular weight is 289 g/mol. The van der Waals surface area contributed by atoms with Crippen molar-refractivity contribution in [2.75, 3.05) is 11.9 Å². The molecule has 20 heavy (non-hydrogen) atoms. The summed E-state index contributed by atoms with van der Waals surface area (Å²) in [6, 6.07) is 7.73. The summed E-state index contributed by atoms with van der Waals surface area (Å²) in [5, 5.41) is 5.97. The number of benzene rings is 1. The standard InChI is InChI=1S/C15H19N3OS/c1-3-11(8-16)15(19)18-13-6-4-5-12(7-13)14-9-20-10(2)17-14/h4-7,9,11H,3,8,16H2,1-2H3,(H,18,19). The van der Waals surface area contributed by atoms with Crippen LogP contribution in [-0.4, -0.2) is 17.4 Å². The molecule has 2 aromatic rings. The first-order valence-corrected chi connectivity index (χ1v) is 7.55. The Kier molecular flexibility index (Phi) is 4.87. The summed E-state index contributed by atoms with van der Waals surface area (Å²) in [7, 11) is 0. The minimum absolute atomic E-state index is 0.0263. The van der Waals surface area contributed by atoms with Crippen LogP contribution < -0.4 is 11.1 Å². The van der Waals surface area contributed by atoms with E-state index >= 15 is 0 Å². The van der Waals surface area contributed by atoms with Crippen LogP contribution in [0.2, 0.25) is 0 Å². The van der Waals surface area contributed by atoms with Crippen molar-refractivity contribution in [3.8, 4) is 11.3 Å². The minimum Gasteiger partial charge on any atom is -0.330 e. The van der Waals surface area contributed by atoms with Crippen LogP contribution in [0.25, 0.3) is 11.3 Å². The van der Waals surface area contributed by atoms with Gasteiger partial charge in [0, 0.05) is 23.2 Å². The number of hydrogen-bond acceptors (Lipinski definition) is 4. The van der Waals surface area contributed by atoms with Gasteiger partial charge in [0.2, 0.25) is 5.91 Å². The van der Waals surface area contributed by atoms with Crippen LogP contribution >= 0.6 is 11.3 Å². The highest BCUT2D eigenvalue weighted by Crippen LogP contribution is 2.24. The van der Waals surface area contributed by atoms with E-state index < -0.39 is 0 Å². The van der Waals surface area contributed by atoms with Gasteiger partial charge in [0.15, 0.2) is 0 Å². The lowest BCUT2D eigenvalue weighted by molar-refractivity contribution is -0.119. The number of aromatic nitrogens is 1.